The summed E-state index contributed by atoms with van der Waals surface area (Å²) < 4.78 is 13.4. The van der Waals surface area contributed by atoms with E-state index in [2.05, 4.69) is 5.32 Å². The van der Waals surface area contributed by atoms with Crippen LogP contribution in [0.1, 0.15) is 25.8 Å². The van der Waals surface area contributed by atoms with Crippen molar-refractivity contribution in [3.63, 3.8) is 0 Å². The van der Waals surface area contributed by atoms with Crippen molar-refractivity contribution in [1.82, 2.24) is 0 Å². The van der Waals surface area contributed by atoms with Gasteiger partial charge in [-0.3, -0.25) is 10.1 Å². The van der Waals surface area contributed by atoms with E-state index in [0.717, 1.165) is 6.07 Å². The lowest BCUT2D eigenvalue weighted by atomic mass is 10.0. The summed E-state index contributed by atoms with van der Waals surface area (Å²) in [6.07, 6.45) is 0.671. The van der Waals surface area contributed by atoms with Crippen molar-refractivity contribution in [2.75, 3.05) is 11.9 Å². The molecule has 1 aromatic carbocycles. The van der Waals surface area contributed by atoms with Crippen molar-refractivity contribution in [2.45, 2.75) is 33.2 Å². The predicted molar refractivity (Wildman–Crippen MR) is 71.7 cm³/mol. The molecule has 0 heterocycles. The van der Waals surface area contributed by atoms with Crippen molar-refractivity contribution >= 4 is 11.4 Å². The molecular weight excluding hydrogens is 251 g/mol. The van der Waals surface area contributed by atoms with Gasteiger partial charge in [-0.1, -0.05) is 13.8 Å². The second-order valence-electron chi connectivity index (χ2n) is 5.03. The van der Waals surface area contributed by atoms with Crippen LogP contribution in [0.3, 0.4) is 0 Å². The lowest BCUT2D eigenvalue weighted by Crippen LogP contribution is -2.26. The van der Waals surface area contributed by atoms with Crippen LogP contribution in [0.25, 0.3) is 0 Å². The quantitative estimate of drug-likeness (QED) is 0.615. The Kier molecular flexibility index (Phi) is 5.23. The zero-order valence-corrected chi connectivity index (χ0v) is 11.3. The van der Waals surface area contributed by atoms with Crippen LogP contribution in [0.15, 0.2) is 12.1 Å². The van der Waals surface area contributed by atoms with Gasteiger partial charge in [0.2, 0.25) is 0 Å². The number of aliphatic hydroxyl groups is 1. The highest BCUT2D eigenvalue weighted by Crippen LogP contribution is 2.28. The lowest BCUT2D eigenvalue weighted by molar-refractivity contribution is -0.384. The average molecular weight is 270 g/mol. The number of hydrogen-bond acceptors (Lipinski definition) is 4. The number of nitrogens with one attached hydrogen (secondary N) is 1. The second kappa shape index (κ2) is 6.47. The molecule has 0 aliphatic rings. The van der Waals surface area contributed by atoms with E-state index in [9.17, 15) is 19.6 Å². The predicted octanol–water partition coefficient (Wildman–Crippen LogP) is 2.86. The third kappa shape index (κ3) is 4.17. The molecule has 1 aromatic rings. The van der Waals surface area contributed by atoms with Gasteiger partial charge in [-0.05, 0) is 30.9 Å². The molecular formula is C13H19FN2O3. The van der Waals surface area contributed by atoms with Gasteiger partial charge in [-0.15, -0.1) is 0 Å². The van der Waals surface area contributed by atoms with Crippen molar-refractivity contribution in [2.24, 2.45) is 5.92 Å². The Hall–Kier alpha value is -1.69. The highest BCUT2D eigenvalue weighted by molar-refractivity contribution is 5.63. The van der Waals surface area contributed by atoms with Crippen LogP contribution >= 0.6 is 0 Å². The van der Waals surface area contributed by atoms with Crippen LogP contribution in [0, 0.1) is 28.8 Å². The number of hydrogen-bond donors (Lipinski definition) is 2. The van der Waals surface area contributed by atoms with E-state index < -0.39 is 10.7 Å². The number of aliphatic hydroxyl groups excluding tert-OH is 1. The Balaban J connectivity index is 3.04. The monoisotopic (exact) mass is 270 g/mol. The smallest absolute Gasteiger partial charge is 0.295 e. The molecule has 1 rings (SSSR count). The van der Waals surface area contributed by atoms with Gasteiger partial charge < -0.3 is 10.4 Å². The molecule has 6 heteroatoms. The van der Waals surface area contributed by atoms with Crippen molar-refractivity contribution in [3.05, 3.63) is 33.6 Å². The van der Waals surface area contributed by atoms with Crippen molar-refractivity contribution < 1.29 is 14.4 Å². The zero-order chi connectivity index (χ0) is 14.6. The molecule has 0 amide bonds. The van der Waals surface area contributed by atoms with E-state index in [1.807, 2.05) is 13.8 Å². The SMILES string of the molecule is Cc1cc(NC(CO)CC(C)C)c([N+](=O)[O-])cc1F. The Labute approximate surface area is 111 Å². The Morgan fingerprint density at radius 1 is 1.47 bits per heavy atom. The fourth-order valence-corrected chi connectivity index (χ4v) is 1.91. The molecule has 19 heavy (non-hydrogen) atoms. The zero-order valence-electron chi connectivity index (χ0n) is 11.3. The van der Waals surface area contributed by atoms with Gasteiger partial charge in [-0.25, -0.2) is 4.39 Å². The average Bonchev–Trinajstić information content (AvgIpc) is 2.31. The molecule has 1 atom stereocenters. The maximum Gasteiger partial charge on any atom is 0.295 e. The fraction of sp³-hybridized carbons (Fsp3) is 0.538. The minimum Gasteiger partial charge on any atom is -0.394 e. The molecule has 2 N–H and O–H groups in total. The van der Waals surface area contributed by atoms with Crippen LogP contribution in [0.5, 0.6) is 0 Å². The number of rotatable bonds is 6. The van der Waals surface area contributed by atoms with Gasteiger partial charge in [0.25, 0.3) is 5.69 Å². The molecule has 0 aromatic heterocycles. The summed E-state index contributed by atoms with van der Waals surface area (Å²) in [5.74, 6) is -0.271. The number of nitro benzene ring substituents is 1. The molecule has 0 spiro atoms. The first-order chi connectivity index (χ1) is 8.85. The number of aryl methyl sites for hydroxylation is 1. The van der Waals surface area contributed by atoms with Crippen molar-refractivity contribution in [1.29, 1.82) is 0 Å². The van der Waals surface area contributed by atoms with Crippen molar-refractivity contribution in [3.8, 4) is 0 Å². The van der Waals surface area contributed by atoms with E-state index >= 15 is 0 Å². The molecule has 0 fully saturated rings. The van der Waals surface area contributed by atoms with E-state index in [4.69, 9.17) is 0 Å². The third-order valence-electron chi connectivity index (χ3n) is 2.81. The summed E-state index contributed by atoms with van der Waals surface area (Å²) in [5, 5.41) is 23.1. The largest absolute Gasteiger partial charge is 0.394 e. The standard InChI is InChI=1S/C13H19FN2O3/c1-8(2)4-10(7-17)15-12-5-9(3)11(14)6-13(12)16(18)19/h5-6,8,10,15,17H,4,7H2,1-3H3. The molecule has 0 saturated carbocycles. The third-order valence-corrected chi connectivity index (χ3v) is 2.81. The van der Waals surface area contributed by atoms with Gasteiger partial charge in [0.1, 0.15) is 11.5 Å². The Bertz CT molecular complexity index is 463. The highest BCUT2D eigenvalue weighted by atomic mass is 19.1. The number of nitrogens with zero attached hydrogens (tertiary/aromatic N) is 1. The van der Waals surface area contributed by atoms with Gasteiger partial charge in [-0.2, -0.15) is 0 Å². The molecule has 5 nitrogen and oxygen atoms in total. The van der Waals surface area contributed by atoms with Crippen LogP contribution in [0.2, 0.25) is 0 Å². The molecule has 0 bridgehead atoms. The van der Waals surface area contributed by atoms with Gasteiger partial charge in [0.15, 0.2) is 0 Å². The molecule has 0 radical (unpaired) electrons. The van der Waals surface area contributed by atoms with Gasteiger partial charge >= 0.3 is 0 Å². The maximum atomic E-state index is 13.4. The number of nitro groups is 1. The van der Waals surface area contributed by atoms with Crippen LogP contribution in [0.4, 0.5) is 15.8 Å². The van der Waals surface area contributed by atoms with Crippen LogP contribution < -0.4 is 5.32 Å². The molecule has 0 aliphatic heterocycles. The van der Waals surface area contributed by atoms with E-state index in [-0.39, 0.29) is 24.0 Å². The molecule has 0 saturated heterocycles. The number of benzene rings is 1. The van der Waals surface area contributed by atoms with E-state index in [0.29, 0.717) is 17.9 Å². The maximum absolute atomic E-state index is 13.4. The lowest BCUT2D eigenvalue weighted by Gasteiger charge is -2.19. The minimum atomic E-state index is -0.630. The first kappa shape index (κ1) is 15.4. The fourth-order valence-electron chi connectivity index (χ4n) is 1.91. The minimum absolute atomic E-state index is 0.133. The highest BCUT2D eigenvalue weighted by Gasteiger charge is 2.20. The Morgan fingerprint density at radius 2 is 2.11 bits per heavy atom. The first-order valence-electron chi connectivity index (χ1n) is 6.17. The van der Waals surface area contributed by atoms with Crippen LogP contribution in [-0.4, -0.2) is 22.7 Å². The molecule has 0 aliphatic carbocycles. The topological polar surface area (TPSA) is 75.4 Å². The summed E-state index contributed by atoms with van der Waals surface area (Å²) in [6.45, 7) is 5.40. The number of anilines is 1. The Morgan fingerprint density at radius 3 is 2.58 bits per heavy atom. The van der Waals surface area contributed by atoms with Gasteiger partial charge in [0.05, 0.1) is 17.6 Å². The first-order valence-corrected chi connectivity index (χ1v) is 6.17. The molecule has 1 unspecified atom stereocenters. The summed E-state index contributed by atoms with van der Waals surface area (Å²) in [7, 11) is 0. The van der Waals surface area contributed by atoms with Crippen LogP contribution in [-0.2, 0) is 0 Å². The summed E-state index contributed by atoms with van der Waals surface area (Å²) >= 11 is 0. The number of halogens is 1. The van der Waals surface area contributed by atoms with E-state index in [1.54, 1.807) is 6.92 Å². The normalized spacial score (nSPS) is 12.5. The summed E-state index contributed by atoms with van der Waals surface area (Å²) in [6, 6.07) is 2.02. The summed E-state index contributed by atoms with van der Waals surface area (Å²) in [5.41, 5.74) is 0.253. The van der Waals surface area contributed by atoms with Gasteiger partial charge in [0, 0.05) is 6.04 Å². The second-order valence-corrected chi connectivity index (χ2v) is 5.03. The summed E-state index contributed by atoms with van der Waals surface area (Å²) in [4.78, 5) is 10.3. The molecule has 106 valence electrons. The van der Waals surface area contributed by atoms with E-state index in [1.165, 1.54) is 6.07 Å².